The van der Waals surface area contributed by atoms with Crippen molar-refractivity contribution in [2.24, 2.45) is 5.73 Å². The number of rotatable bonds is 4. The average molecular weight is 294 g/mol. The molecule has 0 aliphatic rings. The third-order valence-corrected chi connectivity index (χ3v) is 3.98. The lowest BCUT2D eigenvalue weighted by molar-refractivity contribution is 0.151. The minimum atomic E-state index is -2.71. The van der Waals surface area contributed by atoms with Gasteiger partial charge in [0.2, 0.25) is 0 Å². The molecule has 0 spiro atoms. The fraction of sp³-hybridized carbons (Fsp3) is 0.500. The van der Waals surface area contributed by atoms with Gasteiger partial charge in [-0.15, -0.1) is 4.72 Å². The highest BCUT2D eigenvalue weighted by Gasteiger charge is 2.29. The second-order valence-corrected chi connectivity index (χ2v) is 7.06. The summed E-state index contributed by atoms with van der Waals surface area (Å²) < 4.78 is 52.4. The van der Waals surface area contributed by atoms with Gasteiger partial charge in [-0.25, -0.2) is 13.2 Å². The molecule has 1 rings (SSSR count). The van der Waals surface area contributed by atoms with Crippen LogP contribution in [0.1, 0.15) is 44.5 Å². The summed E-state index contributed by atoms with van der Waals surface area (Å²) in [7, 11) is 0. The van der Waals surface area contributed by atoms with Gasteiger partial charge in [0.05, 0.1) is 0 Å². The van der Waals surface area contributed by atoms with E-state index in [4.69, 9.17) is 5.73 Å². The minimum absolute atomic E-state index is 0.129. The van der Waals surface area contributed by atoms with Crippen molar-refractivity contribution in [3.8, 4) is 0 Å². The molecule has 1 aromatic carbocycles. The molecule has 0 amide bonds. The van der Waals surface area contributed by atoms with Crippen molar-refractivity contribution < 1.29 is 17.7 Å². The van der Waals surface area contributed by atoms with Gasteiger partial charge in [0.25, 0.3) is 6.43 Å². The molecule has 0 aliphatic carbocycles. The monoisotopic (exact) mass is 294 g/mol. The van der Waals surface area contributed by atoms with Crippen molar-refractivity contribution in [2.45, 2.75) is 38.1 Å². The molecule has 0 saturated heterocycles. The van der Waals surface area contributed by atoms with Gasteiger partial charge in [0.1, 0.15) is 16.7 Å². The molecule has 3 nitrogen and oxygen atoms in total. The first kappa shape index (κ1) is 16.3. The van der Waals surface area contributed by atoms with E-state index in [0.29, 0.717) is 0 Å². The number of halogens is 3. The van der Waals surface area contributed by atoms with E-state index < -0.39 is 34.5 Å². The van der Waals surface area contributed by atoms with E-state index in [2.05, 4.69) is 4.72 Å². The lowest BCUT2D eigenvalue weighted by atomic mass is 10.1. The Labute approximate surface area is 113 Å². The van der Waals surface area contributed by atoms with Crippen LogP contribution in [-0.4, -0.2) is 9.30 Å². The van der Waals surface area contributed by atoms with Crippen molar-refractivity contribution >= 4 is 11.4 Å². The van der Waals surface area contributed by atoms with Gasteiger partial charge in [-0.3, -0.25) is 0 Å². The summed E-state index contributed by atoms with van der Waals surface area (Å²) in [5.74, 6) is -0.713. The summed E-state index contributed by atoms with van der Waals surface area (Å²) >= 11 is -1.52. The Morgan fingerprint density at radius 2 is 1.89 bits per heavy atom. The molecule has 0 fully saturated rings. The van der Waals surface area contributed by atoms with Crippen molar-refractivity contribution in [3.63, 3.8) is 0 Å². The molecule has 0 radical (unpaired) electrons. The first-order valence-corrected chi connectivity index (χ1v) is 6.79. The van der Waals surface area contributed by atoms with Crippen LogP contribution in [0.5, 0.6) is 0 Å². The van der Waals surface area contributed by atoms with Crippen LogP contribution in [0.3, 0.4) is 0 Å². The Hall–Kier alpha value is -0.760. The fourth-order valence-corrected chi connectivity index (χ4v) is 2.00. The van der Waals surface area contributed by atoms with Crippen LogP contribution in [0.4, 0.5) is 13.2 Å². The predicted octanol–water partition coefficient (Wildman–Crippen LogP) is 2.77. The highest BCUT2D eigenvalue weighted by molar-refractivity contribution is 7.90. The summed E-state index contributed by atoms with van der Waals surface area (Å²) in [6, 6.07) is 2.91. The smallest absolute Gasteiger partial charge is 0.263 e. The summed E-state index contributed by atoms with van der Waals surface area (Å²) in [6.45, 7) is 5.15. The molecule has 7 heteroatoms. The van der Waals surface area contributed by atoms with Crippen LogP contribution in [-0.2, 0) is 11.4 Å². The Morgan fingerprint density at radius 1 is 1.32 bits per heavy atom. The summed E-state index contributed by atoms with van der Waals surface area (Å²) in [4.78, 5) is 0. The van der Waals surface area contributed by atoms with Crippen LogP contribution in [0.15, 0.2) is 18.2 Å². The predicted molar refractivity (Wildman–Crippen MR) is 69.3 cm³/mol. The van der Waals surface area contributed by atoms with Gasteiger partial charge in [-0.05, 0) is 32.9 Å². The van der Waals surface area contributed by atoms with Gasteiger partial charge < -0.3 is 10.3 Å². The molecule has 2 atom stereocenters. The molecule has 0 bridgehead atoms. The third kappa shape index (κ3) is 4.38. The maximum absolute atomic E-state index is 13.6. The Balaban J connectivity index is 2.93. The SMILES string of the molecule is CC(C)(C)[S@@+]([O-])N[C@@H](N)c1cc(C(F)F)ccc1F. The molecule has 0 unspecified atom stereocenters. The van der Waals surface area contributed by atoms with Gasteiger partial charge in [-0.1, -0.05) is 6.07 Å². The van der Waals surface area contributed by atoms with Crippen LogP contribution in [0.2, 0.25) is 0 Å². The summed E-state index contributed by atoms with van der Waals surface area (Å²) in [5.41, 5.74) is 5.22. The highest BCUT2D eigenvalue weighted by atomic mass is 32.2. The maximum atomic E-state index is 13.6. The van der Waals surface area contributed by atoms with E-state index >= 15 is 0 Å². The number of hydrogen-bond acceptors (Lipinski definition) is 3. The van der Waals surface area contributed by atoms with E-state index in [9.17, 15) is 17.7 Å². The number of nitrogens with one attached hydrogen (secondary N) is 1. The van der Waals surface area contributed by atoms with E-state index in [1.54, 1.807) is 20.8 Å². The zero-order valence-electron chi connectivity index (χ0n) is 10.9. The van der Waals surface area contributed by atoms with Crippen LogP contribution in [0.25, 0.3) is 0 Å². The van der Waals surface area contributed by atoms with Gasteiger partial charge in [0.15, 0.2) is 0 Å². The Kier molecular flexibility index (Phi) is 5.26. The average Bonchev–Trinajstić information content (AvgIpc) is 2.27. The number of benzene rings is 1. The molecule has 108 valence electrons. The van der Waals surface area contributed by atoms with Gasteiger partial charge in [-0.2, -0.15) is 0 Å². The minimum Gasteiger partial charge on any atom is -0.598 e. The van der Waals surface area contributed by atoms with E-state index in [-0.39, 0.29) is 11.1 Å². The second-order valence-electron chi connectivity index (χ2n) is 5.06. The summed E-state index contributed by atoms with van der Waals surface area (Å²) in [6.07, 6.45) is -3.82. The Bertz CT molecular complexity index is 437. The lowest BCUT2D eigenvalue weighted by Gasteiger charge is -2.26. The van der Waals surface area contributed by atoms with E-state index in [1.807, 2.05) is 0 Å². The Morgan fingerprint density at radius 3 is 2.37 bits per heavy atom. The molecule has 0 aliphatic heterocycles. The first-order chi connectivity index (χ1) is 8.62. The molecule has 0 aromatic heterocycles. The molecule has 19 heavy (non-hydrogen) atoms. The van der Waals surface area contributed by atoms with E-state index in [1.165, 1.54) is 0 Å². The molecule has 0 heterocycles. The van der Waals surface area contributed by atoms with Crippen LogP contribution in [0, 0.1) is 5.82 Å². The molecule has 0 saturated carbocycles. The first-order valence-electron chi connectivity index (χ1n) is 5.64. The van der Waals surface area contributed by atoms with Crippen LogP contribution >= 0.6 is 0 Å². The number of hydrogen-bond donors (Lipinski definition) is 2. The fourth-order valence-electron chi connectivity index (χ4n) is 1.29. The zero-order chi connectivity index (χ0) is 14.8. The van der Waals surface area contributed by atoms with Gasteiger partial charge >= 0.3 is 0 Å². The molecular weight excluding hydrogens is 277 g/mol. The van der Waals surface area contributed by atoms with E-state index in [0.717, 1.165) is 18.2 Å². The van der Waals surface area contributed by atoms with Crippen molar-refractivity contribution in [1.29, 1.82) is 0 Å². The van der Waals surface area contributed by atoms with Crippen molar-refractivity contribution in [2.75, 3.05) is 0 Å². The number of nitrogens with two attached hydrogens (primary N) is 1. The molecule has 3 N–H and O–H groups in total. The maximum Gasteiger partial charge on any atom is 0.263 e. The van der Waals surface area contributed by atoms with Crippen molar-refractivity contribution in [1.82, 2.24) is 4.72 Å². The quantitative estimate of drug-likeness (QED) is 0.663. The van der Waals surface area contributed by atoms with Crippen molar-refractivity contribution in [3.05, 3.63) is 35.1 Å². The van der Waals surface area contributed by atoms with Gasteiger partial charge in [0, 0.05) is 22.5 Å². The summed E-state index contributed by atoms with van der Waals surface area (Å²) in [5, 5.41) is 0. The highest BCUT2D eigenvalue weighted by Crippen LogP contribution is 2.24. The normalized spacial score (nSPS) is 15.6. The zero-order valence-corrected chi connectivity index (χ0v) is 11.7. The molecule has 1 aromatic rings. The third-order valence-electron chi connectivity index (χ3n) is 2.40. The topological polar surface area (TPSA) is 61.1 Å². The standard InChI is InChI=1S/C12H17F3N2OS/c1-12(2,3)19(18)17-11(16)8-6-7(10(14)15)4-5-9(8)13/h4-6,10-11,17H,16H2,1-3H3/t11-,19-/m1/s1. The largest absolute Gasteiger partial charge is 0.598 e. The van der Waals surface area contributed by atoms with Crippen LogP contribution < -0.4 is 10.5 Å². The molecular formula is C12H17F3N2OS. The lowest BCUT2D eigenvalue weighted by Crippen LogP contribution is -2.44. The second kappa shape index (κ2) is 6.13. The number of alkyl halides is 2.